The molecule has 2 rings (SSSR count). The van der Waals surface area contributed by atoms with Crippen LogP contribution < -0.4 is 0 Å². The molecule has 1 aliphatic carbocycles. The Labute approximate surface area is 128 Å². The molecule has 0 radical (unpaired) electrons. The van der Waals surface area contributed by atoms with E-state index in [1.165, 1.54) is 6.07 Å². The topological polar surface area (TPSA) is 37.4 Å². The van der Waals surface area contributed by atoms with Crippen molar-refractivity contribution in [2.24, 2.45) is 0 Å². The van der Waals surface area contributed by atoms with Crippen molar-refractivity contribution in [1.29, 1.82) is 0 Å². The molecule has 0 amide bonds. The fourth-order valence-corrected chi connectivity index (χ4v) is 5.14. The van der Waals surface area contributed by atoms with Crippen molar-refractivity contribution in [2.75, 3.05) is 11.9 Å². The number of rotatable bonds is 5. The van der Waals surface area contributed by atoms with Gasteiger partial charge in [0.15, 0.2) is 0 Å². The summed E-state index contributed by atoms with van der Waals surface area (Å²) in [5.41, 5.74) is 0. The third-order valence-electron chi connectivity index (χ3n) is 3.44. The normalized spacial score (nSPS) is 17.2. The van der Waals surface area contributed by atoms with Crippen LogP contribution in [0.25, 0.3) is 0 Å². The van der Waals surface area contributed by atoms with Gasteiger partial charge in [0.25, 0.3) is 0 Å². The number of alkyl halides is 1. The van der Waals surface area contributed by atoms with Gasteiger partial charge in [0.05, 0.1) is 4.90 Å². The van der Waals surface area contributed by atoms with Crippen molar-refractivity contribution in [3.05, 3.63) is 29.3 Å². The minimum atomic E-state index is -3.45. The quantitative estimate of drug-likeness (QED) is 0.746. The van der Waals surface area contributed by atoms with Crippen molar-refractivity contribution in [3.8, 4) is 0 Å². The summed E-state index contributed by atoms with van der Waals surface area (Å²) in [4.78, 5) is 0.285. The molecule has 0 unspecified atom stereocenters. The maximum absolute atomic E-state index is 12.7. The lowest BCUT2D eigenvalue weighted by Crippen LogP contribution is -2.40. The van der Waals surface area contributed by atoms with E-state index in [1.807, 2.05) is 0 Å². The van der Waals surface area contributed by atoms with E-state index in [9.17, 15) is 8.42 Å². The number of hydrogen-bond donors (Lipinski definition) is 0. The van der Waals surface area contributed by atoms with Crippen LogP contribution in [0.4, 0.5) is 0 Å². The van der Waals surface area contributed by atoms with Crippen LogP contribution in [0.2, 0.25) is 5.02 Å². The van der Waals surface area contributed by atoms with Gasteiger partial charge in [-0.1, -0.05) is 46.4 Å². The maximum Gasteiger partial charge on any atom is 0.243 e. The molecule has 0 atom stereocenters. The van der Waals surface area contributed by atoms with Crippen LogP contribution in [0.15, 0.2) is 29.2 Å². The smallest absolute Gasteiger partial charge is 0.207 e. The molecule has 0 aliphatic heterocycles. The van der Waals surface area contributed by atoms with Gasteiger partial charge in [0.1, 0.15) is 0 Å². The Balaban J connectivity index is 2.33. The molecule has 6 heteroatoms. The summed E-state index contributed by atoms with van der Waals surface area (Å²) in [5, 5.41) is 1.09. The van der Waals surface area contributed by atoms with Crippen LogP contribution in [0.3, 0.4) is 0 Å². The average molecular weight is 367 g/mol. The van der Waals surface area contributed by atoms with E-state index in [4.69, 9.17) is 11.6 Å². The zero-order valence-corrected chi connectivity index (χ0v) is 13.7. The highest BCUT2D eigenvalue weighted by molar-refractivity contribution is 9.09. The van der Waals surface area contributed by atoms with Crippen LogP contribution in [-0.4, -0.2) is 30.6 Å². The van der Waals surface area contributed by atoms with Crippen LogP contribution >= 0.6 is 27.5 Å². The van der Waals surface area contributed by atoms with Crippen molar-refractivity contribution in [2.45, 2.75) is 36.6 Å². The highest BCUT2D eigenvalue weighted by Gasteiger charge is 2.32. The van der Waals surface area contributed by atoms with E-state index in [0.717, 1.165) is 25.7 Å². The van der Waals surface area contributed by atoms with Crippen LogP contribution in [0, 0.1) is 0 Å². The Kier molecular flexibility index (Phi) is 5.29. The Hall–Kier alpha value is -0.100. The zero-order valence-electron chi connectivity index (χ0n) is 10.6. The molecule has 0 N–H and O–H groups in total. The summed E-state index contributed by atoms with van der Waals surface area (Å²) in [6.07, 6.45) is 4.11. The molecule has 0 bridgehead atoms. The molecule has 0 heterocycles. The summed E-state index contributed by atoms with van der Waals surface area (Å²) < 4.78 is 27.0. The third-order valence-corrected chi connectivity index (χ3v) is 5.98. The van der Waals surface area contributed by atoms with E-state index in [0.29, 0.717) is 16.9 Å². The highest BCUT2D eigenvalue weighted by Crippen LogP contribution is 2.29. The molecule has 19 heavy (non-hydrogen) atoms. The second kappa shape index (κ2) is 6.57. The summed E-state index contributed by atoms with van der Waals surface area (Å²) >= 11 is 9.24. The molecular formula is C13H17BrClNO2S. The Morgan fingerprint density at radius 3 is 2.58 bits per heavy atom. The Bertz CT molecular complexity index is 529. The lowest BCUT2D eigenvalue weighted by molar-refractivity contribution is 0.338. The van der Waals surface area contributed by atoms with Crippen molar-refractivity contribution < 1.29 is 8.42 Å². The van der Waals surface area contributed by atoms with Gasteiger partial charge in [-0.15, -0.1) is 0 Å². The monoisotopic (exact) mass is 365 g/mol. The average Bonchev–Trinajstić information content (AvgIpc) is 2.89. The summed E-state index contributed by atoms with van der Waals surface area (Å²) in [7, 11) is -3.45. The van der Waals surface area contributed by atoms with Crippen molar-refractivity contribution in [1.82, 2.24) is 4.31 Å². The third kappa shape index (κ3) is 3.51. The molecule has 1 saturated carbocycles. The predicted octanol–water partition coefficient (Wildman–Crippen LogP) is 3.67. The van der Waals surface area contributed by atoms with Crippen molar-refractivity contribution >= 4 is 37.6 Å². The van der Waals surface area contributed by atoms with Crippen LogP contribution in [0.5, 0.6) is 0 Å². The first-order chi connectivity index (χ1) is 9.05. The van der Waals surface area contributed by atoms with Gasteiger partial charge >= 0.3 is 0 Å². The summed E-state index contributed by atoms with van der Waals surface area (Å²) in [6.45, 7) is 0.500. The van der Waals surface area contributed by atoms with Crippen LogP contribution in [-0.2, 0) is 10.0 Å². The summed E-state index contributed by atoms with van der Waals surface area (Å²) in [6, 6.07) is 6.62. The first-order valence-electron chi connectivity index (χ1n) is 6.39. The second-order valence-corrected chi connectivity index (χ2v) is 7.82. The van der Waals surface area contributed by atoms with Crippen LogP contribution in [0.1, 0.15) is 25.7 Å². The van der Waals surface area contributed by atoms with E-state index in [1.54, 1.807) is 22.5 Å². The predicted molar refractivity (Wildman–Crippen MR) is 81.4 cm³/mol. The van der Waals surface area contributed by atoms with E-state index in [2.05, 4.69) is 15.9 Å². The molecule has 0 spiro atoms. The van der Waals surface area contributed by atoms with Gasteiger partial charge < -0.3 is 0 Å². The number of benzene rings is 1. The zero-order chi connectivity index (χ0) is 13.9. The molecule has 1 aliphatic rings. The summed E-state index contributed by atoms with van der Waals surface area (Å²) in [5.74, 6) is 0. The lowest BCUT2D eigenvalue weighted by atomic mass is 10.2. The van der Waals surface area contributed by atoms with Gasteiger partial charge in [-0.05, 0) is 31.0 Å². The minimum Gasteiger partial charge on any atom is -0.207 e. The van der Waals surface area contributed by atoms with E-state index < -0.39 is 10.0 Å². The largest absolute Gasteiger partial charge is 0.243 e. The number of halogens is 2. The molecular weight excluding hydrogens is 350 g/mol. The molecule has 106 valence electrons. The van der Waals surface area contributed by atoms with Gasteiger partial charge in [-0.2, -0.15) is 4.31 Å². The number of sulfonamides is 1. The molecule has 1 aromatic carbocycles. The number of nitrogens with zero attached hydrogens (tertiary/aromatic N) is 1. The van der Waals surface area contributed by atoms with Gasteiger partial charge in [-0.3, -0.25) is 0 Å². The lowest BCUT2D eigenvalue weighted by Gasteiger charge is -2.27. The van der Waals surface area contributed by atoms with Gasteiger partial charge in [0, 0.05) is 22.9 Å². The molecule has 1 fully saturated rings. The Morgan fingerprint density at radius 1 is 1.32 bits per heavy atom. The van der Waals surface area contributed by atoms with Gasteiger partial charge in [0.2, 0.25) is 10.0 Å². The Morgan fingerprint density at radius 2 is 2.00 bits per heavy atom. The fraction of sp³-hybridized carbons (Fsp3) is 0.538. The van der Waals surface area contributed by atoms with E-state index >= 15 is 0 Å². The minimum absolute atomic E-state index is 0.126. The molecule has 0 aromatic heterocycles. The SMILES string of the molecule is O=S(=O)(c1cccc(Cl)c1)N(CCBr)C1CCCC1. The first-order valence-corrected chi connectivity index (χ1v) is 9.33. The second-order valence-electron chi connectivity index (χ2n) is 4.70. The first kappa shape index (κ1) is 15.3. The molecule has 1 aromatic rings. The fourth-order valence-electron chi connectivity index (χ4n) is 2.54. The molecule has 0 saturated heterocycles. The maximum atomic E-state index is 12.7. The van der Waals surface area contributed by atoms with Gasteiger partial charge in [-0.25, -0.2) is 8.42 Å². The van der Waals surface area contributed by atoms with Crippen molar-refractivity contribution in [3.63, 3.8) is 0 Å². The molecule has 3 nitrogen and oxygen atoms in total. The highest BCUT2D eigenvalue weighted by atomic mass is 79.9. The number of hydrogen-bond acceptors (Lipinski definition) is 2. The van der Waals surface area contributed by atoms with E-state index in [-0.39, 0.29) is 10.9 Å². The standard InChI is InChI=1S/C13H17BrClNO2S/c14-8-9-16(12-5-1-2-6-12)19(17,18)13-7-3-4-11(15)10-13/h3-4,7,10,12H,1-2,5-6,8-9H2.